The molecule has 0 aliphatic heterocycles. The Hall–Kier alpha value is -2.13. The second-order valence-corrected chi connectivity index (χ2v) is 5.29. The summed E-state index contributed by atoms with van der Waals surface area (Å²) in [6.45, 7) is 2.35. The smallest absolute Gasteiger partial charge is 0.129 e. The number of nitrogens with zero attached hydrogens (tertiary/aromatic N) is 1. The van der Waals surface area contributed by atoms with Crippen LogP contribution in [-0.2, 0) is 6.54 Å². The summed E-state index contributed by atoms with van der Waals surface area (Å²) >= 11 is 6.05. The van der Waals surface area contributed by atoms with E-state index in [1.807, 2.05) is 31.2 Å². The van der Waals surface area contributed by atoms with Crippen molar-refractivity contribution in [1.29, 1.82) is 0 Å². The van der Waals surface area contributed by atoms with E-state index in [2.05, 4.69) is 10.3 Å². The third-order valence-corrected chi connectivity index (χ3v) is 3.84. The summed E-state index contributed by atoms with van der Waals surface area (Å²) in [5.74, 6) is -0.301. The Morgan fingerprint density at radius 2 is 2.00 bits per heavy atom. The second-order valence-electron chi connectivity index (χ2n) is 4.88. The van der Waals surface area contributed by atoms with Crippen molar-refractivity contribution in [3.63, 3.8) is 0 Å². The van der Waals surface area contributed by atoms with Crippen LogP contribution in [-0.4, -0.2) is 4.98 Å². The Morgan fingerprint density at radius 3 is 2.81 bits per heavy atom. The van der Waals surface area contributed by atoms with E-state index in [0.717, 1.165) is 22.2 Å². The van der Waals surface area contributed by atoms with E-state index in [0.29, 0.717) is 17.1 Å². The Kier molecular flexibility index (Phi) is 3.76. The lowest BCUT2D eigenvalue weighted by Crippen LogP contribution is -2.03. The van der Waals surface area contributed by atoms with Crippen LogP contribution in [0.4, 0.5) is 10.1 Å². The standard InChI is InChI=1S/C17H14ClFN2/c1-11-7-8-16(12-4-3-9-20-17(11)12)21-10-13-14(18)5-2-6-15(13)19/h2-9,21H,10H2,1H3. The van der Waals surface area contributed by atoms with E-state index in [9.17, 15) is 4.39 Å². The minimum Gasteiger partial charge on any atom is -0.380 e. The van der Waals surface area contributed by atoms with Crippen LogP contribution in [0.2, 0.25) is 5.02 Å². The van der Waals surface area contributed by atoms with E-state index in [4.69, 9.17) is 11.6 Å². The van der Waals surface area contributed by atoms with Gasteiger partial charge in [0.25, 0.3) is 0 Å². The molecule has 0 radical (unpaired) electrons. The fourth-order valence-electron chi connectivity index (χ4n) is 2.35. The van der Waals surface area contributed by atoms with Crippen molar-refractivity contribution >= 4 is 28.2 Å². The second kappa shape index (κ2) is 5.70. The van der Waals surface area contributed by atoms with Gasteiger partial charge in [-0.1, -0.05) is 23.7 Å². The highest BCUT2D eigenvalue weighted by Gasteiger charge is 2.08. The van der Waals surface area contributed by atoms with Crippen molar-refractivity contribution in [3.05, 3.63) is 70.6 Å². The highest BCUT2D eigenvalue weighted by molar-refractivity contribution is 6.31. The zero-order valence-electron chi connectivity index (χ0n) is 11.5. The maximum absolute atomic E-state index is 13.8. The van der Waals surface area contributed by atoms with Gasteiger partial charge >= 0.3 is 0 Å². The van der Waals surface area contributed by atoms with E-state index < -0.39 is 0 Å². The van der Waals surface area contributed by atoms with E-state index in [1.165, 1.54) is 6.07 Å². The number of aryl methyl sites for hydroxylation is 1. The molecule has 0 aliphatic carbocycles. The van der Waals surface area contributed by atoms with Gasteiger partial charge in [-0.15, -0.1) is 0 Å². The Labute approximate surface area is 127 Å². The van der Waals surface area contributed by atoms with Gasteiger partial charge in [0, 0.05) is 34.4 Å². The molecule has 3 rings (SSSR count). The van der Waals surface area contributed by atoms with E-state index in [1.54, 1.807) is 18.3 Å². The number of halogens is 2. The number of rotatable bonds is 3. The lowest BCUT2D eigenvalue weighted by Gasteiger charge is -2.12. The summed E-state index contributed by atoms with van der Waals surface area (Å²) in [6.07, 6.45) is 1.77. The van der Waals surface area contributed by atoms with Gasteiger partial charge in [-0.2, -0.15) is 0 Å². The fourth-order valence-corrected chi connectivity index (χ4v) is 2.58. The zero-order chi connectivity index (χ0) is 14.8. The van der Waals surface area contributed by atoms with Crippen LogP contribution >= 0.6 is 11.6 Å². The first-order valence-electron chi connectivity index (χ1n) is 6.68. The first-order valence-corrected chi connectivity index (χ1v) is 7.05. The van der Waals surface area contributed by atoms with Crippen LogP contribution in [0.3, 0.4) is 0 Å². The summed E-state index contributed by atoms with van der Waals surface area (Å²) in [5.41, 5.74) is 3.45. The number of nitrogens with one attached hydrogen (secondary N) is 1. The molecule has 2 aromatic carbocycles. The quantitative estimate of drug-likeness (QED) is 0.740. The molecular formula is C17H14ClFN2. The molecule has 2 nitrogen and oxygen atoms in total. The zero-order valence-corrected chi connectivity index (χ0v) is 12.3. The molecule has 3 aromatic rings. The molecule has 0 bridgehead atoms. The average Bonchev–Trinajstić information content (AvgIpc) is 2.49. The Balaban J connectivity index is 1.94. The molecule has 0 unspecified atom stereocenters. The number of fused-ring (bicyclic) bond motifs is 1. The minimum absolute atomic E-state index is 0.301. The Bertz CT molecular complexity index is 782. The lowest BCUT2D eigenvalue weighted by molar-refractivity contribution is 0.613. The molecule has 0 amide bonds. The van der Waals surface area contributed by atoms with Crippen LogP contribution in [0, 0.1) is 12.7 Å². The first kappa shape index (κ1) is 13.8. The van der Waals surface area contributed by atoms with Crippen molar-refractivity contribution in [2.75, 3.05) is 5.32 Å². The molecule has 0 saturated carbocycles. The van der Waals surface area contributed by atoms with Crippen molar-refractivity contribution in [3.8, 4) is 0 Å². The largest absolute Gasteiger partial charge is 0.380 e. The number of anilines is 1. The minimum atomic E-state index is -0.301. The van der Waals surface area contributed by atoms with Gasteiger partial charge in [0.05, 0.1) is 5.52 Å². The molecule has 0 atom stereocenters. The molecule has 0 spiro atoms. The molecule has 21 heavy (non-hydrogen) atoms. The highest BCUT2D eigenvalue weighted by atomic mass is 35.5. The first-order chi connectivity index (χ1) is 10.2. The highest BCUT2D eigenvalue weighted by Crippen LogP contribution is 2.26. The topological polar surface area (TPSA) is 24.9 Å². The van der Waals surface area contributed by atoms with Gasteiger partial charge in [-0.25, -0.2) is 4.39 Å². The Morgan fingerprint density at radius 1 is 1.14 bits per heavy atom. The monoisotopic (exact) mass is 300 g/mol. The third-order valence-electron chi connectivity index (χ3n) is 3.49. The van der Waals surface area contributed by atoms with Crippen LogP contribution < -0.4 is 5.32 Å². The van der Waals surface area contributed by atoms with Gasteiger partial charge < -0.3 is 5.32 Å². The van der Waals surface area contributed by atoms with Crippen molar-refractivity contribution in [2.24, 2.45) is 0 Å². The molecule has 0 fully saturated rings. The van der Waals surface area contributed by atoms with E-state index in [-0.39, 0.29) is 5.82 Å². The summed E-state index contributed by atoms with van der Waals surface area (Å²) < 4.78 is 13.8. The molecule has 1 heterocycles. The normalized spacial score (nSPS) is 10.8. The van der Waals surface area contributed by atoms with Gasteiger partial charge in [-0.05, 0) is 42.8 Å². The number of aromatic nitrogens is 1. The van der Waals surface area contributed by atoms with Gasteiger partial charge in [-0.3, -0.25) is 4.98 Å². The summed E-state index contributed by atoms with van der Waals surface area (Å²) in [5, 5.41) is 4.69. The maximum Gasteiger partial charge on any atom is 0.129 e. The average molecular weight is 301 g/mol. The van der Waals surface area contributed by atoms with Gasteiger partial charge in [0.1, 0.15) is 5.82 Å². The fraction of sp³-hybridized carbons (Fsp3) is 0.118. The van der Waals surface area contributed by atoms with Gasteiger partial charge in [0.15, 0.2) is 0 Å². The molecule has 0 aliphatic rings. The van der Waals surface area contributed by atoms with Crippen LogP contribution in [0.15, 0.2) is 48.7 Å². The van der Waals surface area contributed by atoms with Crippen LogP contribution in [0.25, 0.3) is 10.9 Å². The number of hydrogen-bond acceptors (Lipinski definition) is 2. The number of benzene rings is 2. The molecule has 4 heteroatoms. The summed E-state index contributed by atoms with van der Waals surface area (Å²) in [4.78, 5) is 4.39. The third kappa shape index (κ3) is 2.69. The predicted octanol–water partition coefficient (Wildman–Crippen LogP) is 4.95. The lowest BCUT2D eigenvalue weighted by atomic mass is 10.1. The molecule has 106 valence electrons. The summed E-state index contributed by atoms with van der Waals surface area (Å²) in [7, 11) is 0. The van der Waals surface area contributed by atoms with Crippen molar-refractivity contribution in [1.82, 2.24) is 4.98 Å². The summed E-state index contributed by atoms with van der Waals surface area (Å²) in [6, 6.07) is 12.6. The predicted molar refractivity (Wildman–Crippen MR) is 85.2 cm³/mol. The van der Waals surface area contributed by atoms with Crippen LogP contribution in [0.5, 0.6) is 0 Å². The number of pyridine rings is 1. The SMILES string of the molecule is Cc1ccc(NCc2c(F)cccc2Cl)c2cccnc12. The van der Waals surface area contributed by atoms with E-state index >= 15 is 0 Å². The molecule has 0 saturated heterocycles. The van der Waals surface area contributed by atoms with Gasteiger partial charge in [0.2, 0.25) is 0 Å². The van der Waals surface area contributed by atoms with Crippen molar-refractivity contribution in [2.45, 2.75) is 13.5 Å². The molecule has 1 aromatic heterocycles. The molecule has 1 N–H and O–H groups in total. The maximum atomic E-state index is 13.8. The number of hydrogen-bond donors (Lipinski definition) is 1. The molecular weight excluding hydrogens is 287 g/mol. The van der Waals surface area contributed by atoms with Crippen molar-refractivity contribution < 1.29 is 4.39 Å². The van der Waals surface area contributed by atoms with Crippen LogP contribution in [0.1, 0.15) is 11.1 Å².